The minimum Gasteiger partial charge on any atom is -0.493 e. The third-order valence-corrected chi connectivity index (χ3v) is 5.73. The van der Waals surface area contributed by atoms with Crippen molar-refractivity contribution >= 4 is 16.9 Å². The largest absolute Gasteiger partial charge is 0.493 e. The van der Waals surface area contributed by atoms with E-state index in [1.807, 2.05) is 42.5 Å². The van der Waals surface area contributed by atoms with E-state index in [1.165, 1.54) is 6.26 Å². The standard InChI is InChI=1S/C28H31N3O4/c1-3-9-21-14-15-24(26(20-21)33-2)34-19-8-17-31-23-11-5-4-10-22(23)30-27(31)13-6-16-29-28(32)25-12-7-18-35-25/h3-5,7,10-12,14-15,18,20H,1,6,8-9,13,16-17,19H2,2H3,(H,29,32). The molecule has 0 aliphatic rings. The first-order valence-electron chi connectivity index (χ1n) is 11.9. The molecule has 1 amide bonds. The summed E-state index contributed by atoms with van der Waals surface area (Å²) in [5.74, 6) is 2.60. The second-order valence-corrected chi connectivity index (χ2v) is 8.19. The van der Waals surface area contributed by atoms with E-state index in [9.17, 15) is 4.79 Å². The Morgan fingerprint density at radius 1 is 1.14 bits per heavy atom. The number of imidazole rings is 1. The van der Waals surface area contributed by atoms with E-state index in [4.69, 9.17) is 18.9 Å². The zero-order valence-corrected chi connectivity index (χ0v) is 20.0. The number of carbonyl (C=O) groups is 1. The summed E-state index contributed by atoms with van der Waals surface area (Å²) in [4.78, 5) is 16.9. The summed E-state index contributed by atoms with van der Waals surface area (Å²) in [6.45, 7) is 5.68. The molecule has 182 valence electrons. The average molecular weight is 474 g/mol. The first-order chi connectivity index (χ1) is 17.2. The minimum absolute atomic E-state index is 0.200. The van der Waals surface area contributed by atoms with Gasteiger partial charge in [-0.15, -0.1) is 6.58 Å². The summed E-state index contributed by atoms with van der Waals surface area (Å²) in [6, 6.07) is 17.5. The topological polar surface area (TPSA) is 78.5 Å². The number of benzene rings is 2. The fourth-order valence-electron chi connectivity index (χ4n) is 4.04. The molecule has 7 nitrogen and oxygen atoms in total. The van der Waals surface area contributed by atoms with Gasteiger partial charge >= 0.3 is 0 Å². The smallest absolute Gasteiger partial charge is 0.286 e. The zero-order valence-electron chi connectivity index (χ0n) is 20.0. The highest BCUT2D eigenvalue weighted by Crippen LogP contribution is 2.28. The number of para-hydroxylation sites is 2. The lowest BCUT2D eigenvalue weighted by Crippen LogP contribution is -2.24. The van der Waals surface area contributed by atoms with Gasteiger partial charge in [0.15, 0.2) is 17.3 Å². The number of carbonyl (C=O) groups excluding carboxylic acids is 1. The number of rotatable bonds is 13. The van der Waals surface area contributed by atoms with Crippen molar-refractivity contribution in [2.24, 2.45) is 0 Å². The molecule has 2 heterocycles. The lowest BCUT2D eigenvalue weighted by atomic mass is 10.1. The van der Waals surface area contributed by atoms with Crippen LogP contribution in [0.25, 0.3) is 11.0 Å². The Kier molecular flexibility index (Phi) is 8.22. The monoisotopic (exact) mass is 473 g/mol. The lowest BCUT2D eigenvalue weighted by Gasteiger charge is -2.13. The summed E-state index contributed by atoms with van der Waals surface area (Å²) in [6.07, 6.45) is 6.51. The van der Waals surface area contributed by atoms with Gasteiger partial charge in [0.05, 0.1) is 31.0 Å². The molecule has 2 aromatic heterocycles. The third kappa shape index (κ3) is 6.12. The number of ether oxygens (including phenoxy) is 2. The molecule has 0 bridgehead atoms. The van der Waals surface area contributed by atoms with Crippen molar-refractivity contribution in [3.8, 4) is 11.5 Å². The van der Waals surface area contributed by atoms with Gasteiger partial charge in [-0.25, -0.2) is 4.98 Å². The van der Waals surface area contributed by atoms with Crippen LogP contribution in [-0.4, -0.2) is 35.7 Å². The number of aryl methyl sites for hydroxylation is 2. The van der Waals surface area contributed by atoms with Gasteiger partial charge in [0.25, 0.3) is 5.91 Å². The van der Waals surface area contributed by atoms with E-state index in [-0.39, 0.29) is 5.91 Å². The van der Waals surface area contributed by atoms with Crippen LogP contribution in [0, 0.1) is 0 Å². The number of fused-ring (bicyclic) bond motifs is 1. The zero-order chi connectivity index (χ0) is 24.5. The molecule has 35 heavy (non-hydrogen) atoms. The molecule has 0 radical (unpaired) electrons. The van der Waals surface area contributed by atoms with Crippen molar-refractivity contribution in [1.82, 2.24) is 14.9 Å². The van der Waals surface area contributed by atoms with Crippen molar-refractivity contribution in [2.45, 2.75) is 32.2 Å². The van der Waals surface area contributed by atoms with Crippen LogP contribution in [-0.2, 0) is 19.4 Å². The van der Waals surface area contributed by atoms with Crippen molar-refractivity contribution in [3.05, 3.63) is 90.7 Å². The van der Waals surface area contributed by atoms with Gasteiger partial charge in [-0.2, -0.15) is 0 Å². The molecule has 4 aromatic rings. The van der Waals surface area contributed by atoms with Crippen molar-refractivity contribution in [1.29, 1.82) is 0 Å². The molecular formula is C28H31N3O4. The van der Waals surface area contributed by atoms with Crippen LogP contribution < -0.4 is 14.8 Å². The highest BCUT2D eigenvalue weighted by molar-refractivity contribution is 5.91. The van der Waals surface area contributed by atoms with Gasteiger partial charge in [-0.1, -0.05) is 24.3 Å². The SMILES string of the molecule is C=CCc1ccc(OCCCn2c(CCCNC(=O)c3ccco3)nc3ccccc32)c(OC)c1. The van der Waals surface area contributed by atoms with E-state index < -0.39 is 0 Å². The summed E-state index contributed by atoms with van der Waals surface area (Å²) in [5.41, 5.74) is 3.22. The van der Waals surface area contributed by atoms with Gasteiger partial charge < -0.3 is 23.8 Å². The van der Waals surface area contributed by atoms with Crippen molar-refractivity contribution < 1.29 is 18.7 Å². The normalized spacial score (nSPS) is 10.9. The second kappa shape index (κ2) is 11.9. The fourth-order valence-corrected chi connectivity index (χ4v) is 4.04. The Hall–Kier alpha value is -4.00. The Bertz CT molecular complexity index is 1260. The first kappa shape index (κ1) is 24.1. The van der Waals surface area contributed by atoms with Gasteiger partial charge in [0.2, 0.25) is 0 Å². The second-order valence-electron chi connectivity index (χ2n) is 8.19. The van der Waals surface area contributed by atoms with E-state index in [0.717, 1.165) is 66.1 Å². The molecule has 1 N–H and O–H groups in total. The van der Waals surface area contributed by atoms with Gasteiger partial charge in [0.1, 0.15) is 5.82 Å². The number of nitrogens with one attached hydrogen (secondary N) is 1. The van der Waals surface area contributed by atoms with Crippen LogP contribution in [0.3, 0.4) is 0 Å². The number of nitrogens with zero attached hydrogens (tertiary/aromatic N) is 2. The highest BCUT2D eigenvalue weighted by atomic mass is 16.5. The van der Waals surface area contributed by atoms with Crippen LogP contribution in [0.4, 0.5) is 0 Å². The minimum atomic E-state index is -0.200. The summed E-state index contributed by atoms with van der Waals surface area (Å²) >= 11 is 0. The number of amides is 1. The van der Waals surface area contributed by atoms with Gasteiger partial charge in [0, 0.05) is 19.5 Å². The van der Waals surface area contributed by atoms with Crippen molar-refractivity contribution in [2.75, 3.05) is 20.3 Å². The molecule has 0 unspecified atom stereocenters. The highest BCUT2D eigenvalue weighted by Gasteiger charge is 2.12. The molecule has 2 aromatic carbocycles. The maximum absolute atomic E-state index is 12.1. The maximum atomic E-state index is 12.1. The van der Waals surface area contributed by atoms with Crippen LogP contribution >= 0.6 is 0 Å². The van der Waals surface area contributed by atoms with Gasteiger partial charge in [-0.05, 0) is 61.2 Å². The van der Waals surface area contributed by atoms with Crippen LogP contribution in [0.2, 0.25) is 0 Å². The summed E-state index contributed by atoms with van der Waals surface area (Å²) in [5, 5.41) is 2.89. The number of aromatic nitrogens is 2. The Morgan fingerprint density at radius 3 is 2.83 bits per heavy atom. The Labute approximate surface area is 205 Å². The number of hydrogen-bond acceptors (Lipinski definition) is 5. The quantitative estimate of drug-likeness (QED) is 0.213. The third-order valence-electron chi connectivity index (χ3n) is 5.73. The number of hydrogen-bond donors (Lipinski definition) is 1. The number of allylic oxidation sites excluding steroid dienone is 1. The lowest BCUT2D eigenvalue weighted by molar-refractivity contribution is 0.0925. The Balaban J connectivity index is 1.34. The molecule has 0 saturated carbocycles. The maximum Gasteiger partial charge on any atom is 0.286 e. The van der Waals surface area contributed by atoms with Crippen molar-refractivity contribution in [3.63, 3.8) is 0 Å². The molecule has 0 aliphatic heterocycles. The van der Waals surface area contributed by atoms with Gasteiger partial charge in [-0.3, -0.25) is 4.79 Å². The predicted molar refractivity (Wildman–Crippen MR) is 136 cm³/mol. The molecule has 0 saturated heterocycles. The Morgan fingerprint density at radius 2 is 2.03 bits per heavy atom. The van der Waals surface area contributed by atoms with Crippen LogP contribution in [0.1, 0.15) is 34.8 Å². The first-order valence-corrected chi connectivity index (χ1v) is 11.9. The van der Waals surface area contributed by atoms with E-state index in [0.29, 0.717) is 18.9 Å². The molecule has 7 heteroatoms. The van der Waals surface area contributed by atoms with Crippen LogP contribution in [0.5, 0.6) is 11.5 Å². The average Bonchev–Trinajstić information content (AvgIpc) is 3.54. The number of furan rings is 1. The van der Waals surface area contributed by atoms with E-state index in [2.05, 4.69) is 22.5 Å². The van der Waals surface area contributed by atoms with E-state index in [1.54, 1.807) is 19.2 Å². The fraction of sp³-hybridized carbons (Fsp3) is 0.286. The van der Waals surface area contributed by atoms with E-state index >= 15 is 0 Å². The molecule has 0 spiro atoms. The molecule has 0 atom stereocenters. The summed E-state index contributed by atoms with van der Waals surface area (Å²) < 4.78 is 18.9. The number of methoxy groups -OCH3 is 1. The molecule has 0 aliphatic carbocycles. The molecular weight excluding hydrogens is 442 g/mol. The molecule has 0 fully saturated rings. The van der Waals surface area contributed by atoms with Crippen LogP contribution in [0.15, 0.2) is 77.9 Å². The predicted octanol–water partition coefficient (Wildman–Crippen LogP) is 5.20. The summed E-state index contributed by atoms with van der Waals surface area (Å²) in [7, 11) is 1.65. The molecule has 4 rings (SSSR count).